The third kappa shape index (κ3) is 2.36. The largest absolute Gasteiger partial charge is 0.396 e. The van der Waals surface area contributed by atoms with Gasteiger partial charge in [-0.25, -0.2) is 5.10 Å². The minimum Gasteiger partial charge on any atom is -0.396 e. The summed E-state index contributed by atoms with van der Waals surface area (Å²) in [5.74, 6) is 0.296. The minimum atomic E-state index is -0.210. The zero-order valence-electron chi connectivity index (χ0n) is 8.44. The second-order valence-corrected chi connectivity index (χ2v) is 3.96. The molecular weight excluding hydrogens is 194 g/mol. The first-order valence-corrected chi connectivity index (χ1v) is 5.21. The summed E-state index contributed by atoms with van der Waals surface area (Å²) in [7, 11) is 0. The fourth-order valence-corrected chi connectivity index (χ4v) is 2.11. The first kappa shape index (κ1) is 10.2. The number of aromatic amines is 1. The molecule has 1 heterocycles. The van der Waals surface area contributed by atoms with E-state index < -0.39 is 0 Å². The lowest BCUT2D eigenvalue weighted by molar-refractivity contribution is 0.222. The van der Waals surface area contributed by atoms with Crippen LogP contribution in [-0.2, 0) is 0 Å². The molecule has 0 amide bonds. The second-order valence-electron chi connectivity index (χ2n) is 3.96. The Morgan fingerprint density at radius 2 is 2.47 bits per heavy atom. The van der Waals surface area contributed by atoms with E-state index in [-0.39, 0.29) is 18.2 Å². The number of aliphatic hydroxyl groups excluding tert-OH is 1. The highest BCUT2D eigenvalue weighted by Crippen LogP contribution is 2.27. The first-order chi connectivity index (χ1) is 7.29. The quantitative estimate of drug-likeness (QED) is 0.671. The highest BCUT2D eigenvalue weighted by atomic mass is 16.3. The SMILES string of the molecule is O=c1cc(NC2CCCC2CO)cn[nH]1. The van der Waals surface area contributed by atoms with Gasteiger partial charge in [-0.2, -0.15) is 5.10 Å². The van der Waals surface area contributed by atoms with E-state index in [0.717, 1.165) is 24.9 Å². The van der Waals surface area contributed by atoms with Crippen LogP contribution in [0.15, 0.2) is 17.1 Å². The topological polar surface area (TPSA) is 78.0 Å². The molecule has 0 radical (unpaired) electrons. The minimum absolute atomic E-state index is 0.203. The van der Waals surface area contributed by atoms with Gasteiger partial charge in [0.05, 0.1) is 11.9 Å². The highest BCUT2D eigenvalue weighted by molar-refractivity contribution is 5.40. The summed E-state index contributed by atoms with van der Waals surface area (Å²) in [6.07, 6.45) is 4.80. The Labute approximate surface area is 87.5 Å². The van der Waals surface area contributed by atoms with Crippen LogP contribution < -0.4 is 10.9 Å². The van der Waals surface area contributed by atoms with Gasteiger partial charge in [-0.05, 0) is 12.8 Å². The summed E-state index contributed by atoms with van der Waals surface area (Å²) in [4.78, 5) is 11.0. The maximum absolute atomic E-state index is 11.0. The van der Waals surface area contributed by atoms with Crippen molar-refractivity contribution < 1.29 is 5.11 Å². The molecule has 1 aromatic rings. The summed E-state index contributed by atoms with van der Waals surface area (Å²) < 4.78 is 0. The van der Waals surface area contributed by atoms with Crippen LogP contribution in [0.1, 0.15) is 19.3 Å². The molecule has 5 nitrogen and oxygen atoms in total. The molecule has 1 aromatic heterocycles. The van der Waals surface area contributed by atoms with Crippen LogP contribution in [0.5, 0.6) is 0 Å². The molecule has 5 heteroatoms. The monoisotopic (exact) mass is 209 g/mol. The average Bonchev–Trinajstić information content (AvgIpc) is 2.65. The van der Waals surface area contributed by atoms with Crippen molar-refractivity contribution in [2.24, 2.45) is 5.92 Å². The maximum atomic E-state index is 11.0. The van der Waals surface area contributed by atoms with E-state index in [1.165, 1.54) is 6.07 Å². The molecule has 0 aromatic carbocycles. The standard InChI is InChI=1S/C10H15N3O2/c14-6-7-2-1-3-9(7)12-8-4-10(15)13-11-5-8/h4-5,7,9,14H,1-3,6H2,(H2,12,13,15). The van der Waals surface area contributed by atoms with Gasteiger partial charge in [-0.3, -0.25) is 4.79 Å². The third-order valence-corrected chi connectivity index (χ3v) is 2.91. The van der Waals surface area contributed by atoms with Crippen LogP contribution in [0.3, 0.4) is 0 Å². The Balaban J connectivity index is 2.05. The van der Waals surface area contributed by atoms with E-state index in [4.69, 9.17) is 5.11 Å². The highest BCUT2D eigenvalue weighted by Gasteiger charge is 2.26. The fourth-order valence-electron chi connectivity index (χ4n) is 2.11. The molecule has 82 valence electrons. The Kier molecular flexibility index (Phi) is 3.01. The predicted octanol–water partition coefficient (Wildman–Crippen LogP) is 0.343. The molecule has 2 atom stereocenters. The smallest absolute Gasteiger partial charge is 0.266 e. The van der Waals surface area contributed by atoms with E-state index in [9.17, 15) is 4.79 Å². The van der Waals surface area contributed by atoms with Crippen LogP contribution in [0, 0.1) is 5.92 Å². The number of aromatic nitrogens is 2. The maximum Gasteiger partial charge on any atom is 0.266 e. The van der Waals surface area contributed by atoms with Gasteiger partial charge in [0.25, 0.3) is 5.56 Å². The van der Waals surface area contributed by atoms with E-state index in [1.54, 1.807) is 6.20 Å². The van der Waals surface area contributed by atoms with Crippen molar-refractivity contribution in [1.82, 2.24) is 10.2 Å². The van der Waals surface area contributed by atoms with Crippen molar-refractivity contribution in [2.45, 2.75) is 25.3 Å². The molecule has 0 aliphatic heterocycles. The first-order valence-electron chi connectivity index (χ1n) is 5.21. The summed E-state index contributed by atoms with van der Waals surface area (Å²) in [6.45, 7) is 0.203. The van der Waals surface area contributed by atoms with Crippen LogP contribution >= 0.6 is 0 Å². The van der Waals surface area contributed by atoms with E-state index in [0.29, 0.717) is 5.92 Å². The number of nitrogens with one attached hydrogen (secondary N) is 2. The van der Waals surface area contributed by atoms with Gasteiger partial charge in [0.15, 0.2) is 0 Å². The van der Waals surface area contributed by atoms with Crippen molar-refractivity contribution in [3.8, 4) is 0 Å². The van der Waals surface area contributed by atoms with Crippen LogP contribution in [-0.4, -0.2) is 28.0 Å². The third-order valence-electron chi connectivity index (χ3n) is 2.91. The summed E-state index contributed by atoms with van der Waals surface area (Å²) in [5.41, 5.74) is 0.516. The van der Waals surface area contributed by atoms with Crippen molar-refractivity contribution in [3.05, 3.63) is 22.6 Å². The lowest BCUT2D eigenvalue weighted by Crippen LogP contribution is -2.27. The van der Waals surface area contributed by atoms with Gasteiger partial charge in [-0.15, -0.1) is 0 Å². The fraction of sp³-hybridized carbons (Fsp3) is 0.600. The lowest BCUT2D eigenvalue weighted by atomic mass is 10.1. The van der Waals surface area contributed by atoms with Crippen LogP contribution in [0.2, 0.25) is 0 Å². The van der Waals surface area contributed by atoms with Gasteiger partial charge in [-0.1, -0.05) is 6.42 Å². The zero-order valence-corrected chi connectivity index (χ0v) is 8.44. The van der Waals surface area contributed by atoms with Crippen LogP contribution in [0.4, 0.5) is 5.69 Å². The zero-order chi connectivity index (χ0) is 10.7. The van der Waals surface area contributed by atoms with Crippen LogP contribution in [0.25, 0.3) is 0 Å². The van der Waals surface area contributed by atoms with E-state index in [1.807, 2.05) is 0 Å². The van der Waals surface area contributed by atoms with Gasteiger partial charge in [0, 0.05) is 24.6 Å². The summed E-state index contributed by atoms with van der Waals surface area (Å²) >= 11 is 0. The average molecular weight is 209 g/mol. The molecule has 1 saturated carbocycles. The van der Waals surface area contributed by atoms with Gasteiger partial charge in [0.2, 0.25) is 0 Å². The van der Waals surface area contributed by atoms with E-state index >= 15 is 0 Å². The van der Waals surface area contributed by atoms with Gasteiger partial charge < -0.3 is 10.4 Å². The van der Waals surface area contributed by atoms with Crippen molar-refractivity contribution in [2.75, 3.05) is 11.9 Å². The number of rotatable bonds is 3. The second kappa shape index (κ2) is 4.44. The molecule has 2 rings (SSSR count). The lowest BCUT2D eigenvalue weighted by Gasteiger charge is -2.19. The Morgan fingerprint density at radius 1 is 1.60 bits per heavy atom. The van der Waals surface area contributed by atoms with E-state index in [2.05, 4.69) is 15.5 Å². The number of H-pyrrole nitrogens is 1. The molecular formula is C10H15N3O2. The molecule has 1 aliphatic carbocycles. The Hall–Kier alpha value is -1.36. The number of aliphatic hydroxyl groups is 1. The van der Waals surface area contributed by atoms with Crippen molar-refractivity contribution >= 4 is 5.69 Å². The number of hydrogen-bond donors (Lipinski definition) is 3. The molecule has 15 heavy (non-hydrogen) atoms. The van der Waals surface area contributed by atoms with Gasteiger partial charge >= 0.3 is 0 Å². The number of nitrogens with zero attached hydrogens (tertiary/aromatic N) is 1. The molecule has 1 fully saturated rings. The summed E-state index contributed by atoms with van der Waals surface area (Å²) in [6, 6.07) is 1.75. The number of anilines is 1. The normalized spacial score (nSPS) is 25.4. The molecule has 3 N–H and O–H groups in total. The molecule has 0 bridgehead atoms. The molecule has 0 spiro atoms. The Bertz CT molecular complexity index is 377. The van der Waals surface area contributed by atoms with Crippen molar-refractivity contribution in [3.63, 3.8) is 0 Å². The molecule has 0 saturated heterocycles. The summed E-state index contributed by atoms with van der Waals surface area (Å²) in [5, 5.41) is 18.4. The molecule has 1 aliphatic rings. The number of hydrogen-bond acceptors (Lipinski definition) is 4. The van der Waals surface area contributed by atoms with Crippen molar-refractivity contribution in [1.29, 1.82) is 0 Å². The van der Waals surface area contributed by atoms with Gasteiger partial charge in [0.1, 0.15) is 0 Å². The molecule has 2 unspecified atom stereocenters. The predicted molar refractivity (Wildman–Crippen MR) is 56.7 cm³/mol. The Morgan fingerprint density at radius 3 is 3.20 bits per heavy atom.